The van der Waals surface area contributed by atoms with E-state index in [2.05, 4.69) is 58.6 Å². The lowest BCUT2D eigenvalue weighted by Crippen LogP contribution is -2.51. The number of benzene rings is 1. The van der Waals surface area contributed by atoms with Crippen LogP contribution < -0.4 is 15.4 Å². The summed E-state index contributed by atoms with van der Waals surface area (Å²) in [5.74, 6) is 1.94. The second-order valence-electron chi connectivity index (χ2n) is 8.66. The first kappa shape index (κ1) is 21.0. The first-order valence-corrected chi connectivity index (χ1v) is 10.9. The Morgan fingerprint density at radius 3 is 2.50 bits per heavy atom. The van der Waals surface area contributed by atoms with Crippen LogP contribution in [-0.4, -0.2) is 56.7 Å². The van der Waals surface area contributed by atoms with Crippen LogP contribution in [0.5, 0.6) is 5.75 Å². The number of nitrogens with one attached hydrogen (secondary N) is 2. The predicted molar refractivity (Wildman–Crippen MR) is 117 cm³/mol. The lowest BCUT2D eigenvalue weighted by atomic mass is 9.78. The van der Waals surface area contributed by atoms with E-state index in [1.165, 1.54) is 44.1 Å². The average molecular weight is 387 g/mol. The molecule has 2 aliphatic rings. The summed E-state index contributed by atoms with van der Waals surface area (Å²) in [6.07, 6.45) is 7.31. The van der Waals surface area contributed by atoms with E-state index >= 15 is 0 Å². The molecule has 5 heteroatoms. The molecule has 2 fully saturated rings. The molecular weight excluding hydrogens is 348 g/mol. The van der Waals surface area contributed by atoms with Crippen LogP contribution in [-0.2, 0) is 5.41 Å². The van der Waals surface area contributed by atoms with Gasteiger partial charge in [0.1, 0.15) is 5.75 Å². The number of rotatable bonds is 6. The van der Waals surface area contributed by atoms with Crippen LogP contribution in [0.3, 0.4) is 0 Å². The molecule has 0 spiro atoms. The van der Waals surface area contributed by atoms with Crippen molar-refractivity contribution in [2.24, 2.45) is 4.99 Å². The number of hydrogen-bond acceptors (Lipinski definition) is 3. The van der Waals surface area contributed by atoms with Crippen LogP contribution in [0.1, 0.15) is 57.9 Å². The van der Waals surface area contributed by atoms with Crippen molar-refractivity contribution in [2.45, 2.75) is 69.9 Å². The van der Waals surface area contributed by atoms with E-state index in [9.17, 15) is 0 Å². The summed E-state index contributed by atoms with van der Waals surface area (Å²) in [7, 11) is 3.65. The van der Waals surface area contributed by atoms with Gasteiger partial charge in [0, 0.05) is 49.7 Å². The number of ether oxygens (including phenoxy) is 1. The van der Waals surface area contributed by atoms with Gasteiger partial charge in [-0.15, -0.1) is 0 Å². The summed E-state index contributed by atoms with van der Waals surface area (Å²) in [4.78, 5) is 7.07. The molecule has 0 unspecified atom stereocenters. The minimum atomic E-state index is 0.130. The van der Waals surface area contributed by atoms with Gasteiger partial charge in [-0.2, -0.15) is 0 Å². The van der Waals surface area contributed by atoms with Crippen LogP contribution in [0.25, 0.3) is 0 Å². The zero-order valence-electron chi connectivity index (χ0n) is 18.1. The summed E-state index contributed by atoms with van der Waals surface area (Å²) >= 11 is 0. The molecule has 1 heterocycles. The van der Waals surface area contributed by atoms with Gasteiger partial charge in [-0.05, 0) is 45.6 Å². The number of nitrogens with zero attached hydrogens (tertiary/aromatic N) is 2. The molecule has 2 N–H and O–H groups in total. The quantitative estimate of drug-likeness (QED) is 0.580. The van der Waals surface area contributed by atoms with Gasteiger partial charge in [0.05, 0.1) is 7.11 Å². The van der Waals surface area contributed by atoms with Gasteiger partial charge < -0.3 is 20.3 Å². The van der Waals surface area contributed by atoms with Gasteiger partial charge in [0.2, 0.25) is 0 Å². The molecule has 1 saturated carbocycles. The molecule has 0 radical (unpaired) electrons. The Labute approximate surface area is 170 Å². The SMILES string of the molecule is CN=C(NCC1(c2ccccc2OC)CCCC1)NC1CCN(C(C)C)CC1. The minimum Gasteiger partial charge on any atom is -0.496 e. The zero-order valence-corrected chi connectivity index (χ0v) is 18.1. The standard InChI is InChI=1S/C23H38N4O/c1-18(2)27-15-11-19(12-16-27)26-22(24-3)25-17-23(13-7-8-14-23)20-9-5-6-10-21(20)28-4/h5-6,9-10,18-19H,7-8,11-17H2,1-4H3,(H2,24,25,26). The average Bonchev–Trinajstić information content (AvgIpc) is 3.21. The highest BCUT2D eigenvalue weighted by atomic mass is 16.5. The Balaban J connectivity index is 1.61. The summed E-state index contributed by atoms with van der Waals surface area (Å²) in [6, 6.07) is 9.67. The number of piperidine rings is 1. The van der Waals surface area contributed by atoms with Crippen molar-refractivity contribution in [3.8, 4) is 5.75 Å². The van der Waals surface area contributed by atoms with Crippen molar-refractivity contribution >= 4 is 5.96 Å². The molecule has 0 bridgehead atoms. The maximum absolute atomic E-state index is 5.69. The fraction of sp³-hybridized carbons (Fsp3) is 0.696. The molecular formula is C23H38N4O. The number of para-hydroxylation sites is 1. The van der Waals surface area contributed by atoms with Crippen molar-refractivity contribution in [1.82, 2.24) is 15.5 Å². The topological polar surface area (TPSA) is 48.9 Å². The zero-order chi connectivity index (χ0) is 20.0. The highest BCUT2D eigenvalue weighted by molar-refractivity contribution is 5.80. The summed E-state index contributed by atoms with van der Waals surface area (Å²) < 4.78 is 5.69. The van der Waals surface area contributed by atoms with Crippen molar-refractivity contribution in [1.29, 1.82) is 0 Å². The molecule has 1 aliphatic heterocycles. The van der Waals surface area contributed by atoms with Crippen molar-refractivity contribution in [2.75, 3.05) is 33.8 Å². The fourth-order valence-corrected chi connectivity index (χ4v) is 4.88. The minimum absolute atomic E-state index is 0.130. The van der Waals surface area contributed by atoms with Crippen molar-refractivity contribution in [3.05, 3.63) is 29.8 Å². The Kier molecular flexibility index (Phi) is 7.22. The van der Waals surface area contributed by atoms with Crippen LogP contribution in [0, 0.1) is 0 Å². The van der Waals surface area contributed by atoms with Crippen LogP contribution in [0.15, 0.2) is 29.3 Å². The second kappa shape index (κ2) is 9.64. The summed E-state index contributed by atoms with van der Waals surface area (Å²) in [6.45, 7) is 7.80. The Hall–Kier alpha value is -1.75. The lowest BCUT2D eigenvalue weighted by Gasteiger charge is -2.36. The van der Waals surface area contributed by atoms with E-state index in [4.69, 9.17) is 4.74 Å². The van der Waals surface area contributed by atoms with E-state index in [1.807, 2.05) is 7.05 Å². The molecule has 0 amide bonds. The summed E-state index contributed by atoms with van der Waals surface area (Å²) in [5.41, 5.74) is 1.47. The molecule has 5 nitrogen and oxygen atoms in total. The second-order valence-corrected chi connectivity index (χ2v) is 8.66. The predicted octanol–water partition coefficient (Wildman–Crippen LogP) is 3.54. The maximum atomic E-state index is 5.69. The van der Waals surface area contributed by atoms with Gasteiger partial charge in [0.15, 0.2) is 5.96 Å². The highest BCUT2D eigenvalue weighted by Crippen LogP contribution is 2.44. The molecule has 28 heavy (non-hydrogen) atoms. The van der Waals surface area contributed by atoms with Crippen LogP contribution >= 0.6 is 0 Å². The smallest absolute Gasteiger partial charge is 0.191 e. The Morgan fingerprint density at radius 1 is 1.21 bits per heavy atom. The third-order valence-corrected chi connectivity index (χ3v) is 6.66. The molecule has 1 aromatic carbocycles. The number of hydrogen-bond donors (Lipinski definition) is 2. The van der Waals surface area contributed by atoms with E-state index in [1.54, 1.807) is 7.11 Å². The van der Waals surface area contributed by atoms with Crippen molar-refractivity contribution < 1.29 is 4.74 Å². The molecule has 1 aliphatic carbocycles. The van der Waals surface area contributed by atoms with Gasteiger partial charge in [-0.3, -0.25) is 4.99 Å². The largest absolute Gasteiger partial charge is 0.496 e. The molecule has 0 aromatic heterocycles. The number of methoxy groups -OCH3 is 1. The van der Waals surface area contributed by atoms with Gasteiger partial charge in [-0.1, -0.05) is 31.0 Å². The maximum Gasteiger partial charge on any atom is 0.191 e. The molecule has 156 valence electrons. The lowest BCUT2D eigenvalue weighted by molar-refractivity contribution is 0.167. The first-order chi connectivity index (χ1) is 13.6. The highest BCUT2D eigenvalue weighted by Gasteiger charge is 2.38. The first-order valence-electron chi connectivity index (χ1n) is 10.9. The van der Waals surface area contributed by atoms with E-state index < -0.39 is 0 Å². The van der Waals surface area contributed by atoms with E-state index in [-0.39, 0.29) is 5.41 Å². The normalized spacial score (nSPS) is 21.1. The third-order valence-electron chi connectivity index (χ3n) is 6.66. The fourth-order valence-electron chi connectivity index (χ4n) is 4.88. The van der Waals surface area contributed by atoms with Crippen molar-refractivity contribution in [3.63, 3.8) is 0 Å². The number of guanidine groups is 1. The van der Waals surface area contributed by atoms with Gasteiger partial charge in [0.25, 0.3) is 0 Å². The number of likely N-dealkylation sites (tertiary alicyclic amines) is 1. The third kappa shape index (κ3) is 4.80. The molecule has 0 atom stereocenters. The van der Waals surface area contributed by atoms with Gasteiger partial charge >= 0.3 is 0 Å². The van der Waals surface area contributed by atoms with Crippen LogP contribution in [0.4, 0.5) is 0 Å². The Morgan fingerprint density at radius 2 is 1.89 bits per heavy atom. The van der Waals surface area contributed by atoms with Gasteiger partial charge in [-0.25, -0.2) is 0 Å². The molecule has 3 rings (SSSR count). The summed E-state index contributed by atoms with van der Waals surface area (Å²) in [5, 5.41) is 7.32. The van der Waals surface area contributed by atoms with Crippen LogP contribution in [0.2, 0.25) is 0 Å². The number of aliphatic imine (C=N–C) groups is 1. The Bertz CT molecular complexity index is 644. The molecule has 1 saturated heterocycles. The molecule has 1 aromatic rings. The van der Waals surface area contributed by atoms with E-state index in [0.717, 1.165) is 31.3 Å². The van der Waals surface area contributed by atoms with E-state index in [0.29, 0.717) is 12.1 Å². The monoisotopic (exact) mass is 386 g/mol.